The second kappa shape index (κ2) is 8.96. The second-order valence-corrected chi connectivity index (χ2v) is 8.59. The van der Waals surface area contributed by atoms with Gasteiger partial charge in [-0.25, -0.2) is 9.38 Å². The van der Waals surface area contributed by atoms with Crippen molar-refractivity contribution in [2.75, 3.05) is 4.90 Å². The molecule has 34 heavy (non-hydrogen) atoms. The Labute approximate surface area is 200 Å². The number of nitrogens with zero attached hydrogens (tertiary/aromatic N) is 3. The van der Waals surface area contributed by atoms with Crippen LogP contribution in [0.15, 0.2) is 82.3 Å². The molecule has 0 spiro atoms. The molecule has 2 aromatic rings. The van der Waals surface area contributed by atoms with Crippen LogP contribution in [-0.2, 0) is 11.2 Å². The molecule has 9 heteroatoms. The van der Waals surface area contributed by atoms with Gasteiger partial charge in [-0.05, 0) is 36.8 Å². The SMILES string of the molecule is C[C@H](NC1N=CN=C2NC=CC(=O)C21)C1=C(F)Cc2cccc(Cl)c2C(=O)N1c1ccccc1. The van der Waals surface area contributed by atoms with E-state index in [4.69, 9.17) is 11.6 Å². The first kappa shape index (κ1) is 22.2. The number of aliphatic imine (C=N–C) groups is 2. The van der Waals surface area contributed by atoms with Crippen molar-refractivity contribution in [2.24, 2.45) is 15.9 Å². The summed E-state index contributed by atoms with van der Waals surface area (Å²) in [4.78, 5) is 36.2. The van der Waals surface area contributed by atoms with Gasteiger partial charge in [-0.1, -0.05) is 41.9 Å². The second-order valence-electron chi connectivity index (χ2n) is 8.19. The summed E-state index contributed by atoms with van der Waals surface area (Å²) < 4.78 is 15.9. The summed E-state index contributed by atoms with van der Waals surface area (Å²) in [6, 6.07) is 13.2. The van der Waals surface area contributed by atoms with Crippen LogP contribution < -0.4 is 15.5 Å². The van der Waals surface area contributed by atoms with Gasteiger partial charge in [0, 0.05) is 24.4 Å². The fraction of sp³-hybridized carbons (Fsp3) is 0.200. The Morgan fingerprint density at radius 3 is 2.76 bits per heavy atom. The van der Waals surface area contributed by atoms with Gasteiger partial charge in [0.05, 0.1) is 16.3 Å². The third-order valence-corrected chi connectivity index (χ3v) is 6.36. The first-order chi connectivity index (χ1) is 16.5. The lowest BCUT2D eigenvalue weighted by Crippen LogP contribution is -2.53. The Morgan fingerprint density at radius 1 is 1.18 bits per heavy atom. The van der Waals surface area contributed by atoms with E-state index in [0.29, 0.717) is 17.1 Å². The molecule has 3 aliphatic rings. The van der Waals surface area contributed by atoms with Crippen molar-refractivity contribution in [1.29, 1.82) is 0 Å². The van der Waals surface area contributed by atoms with Crippen LogP contribution in [-0.4, -0.2) is 36.1 Å². The van der Waals surface area contributed by atoms with Gasteiger partial charge in [-0.3, -0.25) is 24.8 Å². The van der Waals surface area contributed by atoms with Crippen molar-refractivity contribution in [3.05, 3.63) is 88.5 Å². The van der Waals surface area contributed by atoms with Crippen LogP contribution in [0.3, 0.4) is 0 Å². The topological polar surface area (TPSA) is 86.2 Å². The van der Waals surface area contributed by atoms with E-state index in [2.05, 4.69) is 20.6 Å². The molecule has 172 valence electrons. The zero-order chi connectivity index (χ0) is 23.8. The zero-order valence-electron chi connectivity index (χ0n) is 18.2. The average Bonchev–Trinajstić information content (AvgIpc) is 2.94. The van der Waals surface area contributed by atoms with Gasteiger partial charge in [-0.2, -0.15) is 0 Å². The summed E-state index contributed by atoms with van der Waals surface area (Å²) >= 11 is 6.40. The highest BCUT2D eigenvalue weighted by molar-refractivity contribution is 6.35. The minimum atomic E-state index is -0.685. The first-order valence-corrected chi connectivity index (χ1v) is 11.2. The Balaban J connectivity index is 1.56. The van der Waals surface area contributed by atoms with Crippen molar-refractivity contribution >= 4 is 41.2 Å². The molecule has 1 amide bonds. The molecule has 0 aliphatic carbocycles. The number of anilines is 1. The van der Waals surface area contributed by atoms with Crippen molar-refractivity contribution in [3.8, 4) is 0 Å². The van der Waals surface area contributed by atoms with E-state index >= 15 is 4.39 Å². The number of halogens is 2. The van der Waals surface area contributed by atoms with Gasteiger partial charge in [0.1, 0.15) is 30.1 Å². The van der Waals surface area contributed by atoms with Crippen LogP contribution in [0, 0.1) is 5.92 Å². The Bertz CT molecular complexity index is 1290. The molecule has 7 nitrogen and oxygen atoms in total. The van der Waals surface area contributed by atoms with Crippen molar-refractivity contribution in [3.63, 3.8) is 0 Å². The van der Waals surface area contributed by atoms with Crippen molar-refractivity contribution < 1.29 is 14.0 Å². The molecule has 0 saturated heterocycles. The monoisotopic (exact) mass is 477 g/mol. The average molecular weight is 478 g/mol. The van der Waals surface area contributed by atoms with Gasteiger partial charge < -0.3 is 5.32 Å². The standard InChI is InChI=1S/C25H21ClFN5O2/c1-14(31-24-21-19(33)10-11-28-23(21)29-13-30-24)22-18(27)12-15-6-5-9-17(26)20(15)25(34)32(22)16-7-3-2-4-8-16/h2-11,13-14,21,24,31H,12H2,1H3,(H,28,29,30)/t14-,21?,24?/m0/s1. The third-order valence-electron chi connectivity index (χ3n) is 6.05. The van der Waals surface area contributed by atoms with E-state index in [1.54, 1.807) is 49.4 Å². The number of nitrogens with one attached hydrogen (secondary N) is 2. The number of allylic oxidation sites excluding steroid dienone is 2. The van der Waals surface area contributed by atoms with Gasteiger partial charge in [0.2, 0.25) is 0 Å². The number of amidine groups is 1. The fourth-order valence-electron chi connectivity index (χ4n) is 4.51. The number of carbonyl (C=O) groups excluding carboxylic acids is 2. The summed E-state index contributed by atoms with van der Waals surface area (Å²) in [6.45, 7) is 1.74. The molecule has 3 atom stereocenters. The molecule has 0 fully saturated rings. The lowest BCUT2D eigenvalue weighted by Gasteiger charge is -2.34. The molecule has 5 rings (SSSR count). The molecule has 3 aliphatic heterocycles. The highest BCUT2D eigenvalue weighted by Gasteiger charge is 2.39. The van der Waals surface area contributed by atoms with Crippen LogP contribution in [0.2, 0.25) is 5.02 Å². The molecule has 2 aromatic carbocycles. The van der Waals surface area contributed by atoms with Gasteiger partial charge in [0.15, 0.2) is 5.78 Å². The number of hydrogen-bond acceptors (Lipinski definition) is 6. The van der Waals surface area contributed by atoms with Crippen LogP contribution in [0.5, 0.6) is 0 Å². The van der Waals surface area contributed by atoms with Crippen LogP contribution in [0.1, 0.15) is 22.8 Å². The first-order valence-electron chi connectivity index (χ1n) is 10.8. The maximum atomic E-state index is 15.9. The molecule has 2 unspecified atom stereocenters. The summed E-state index contributed by atoms with van der Waals surface area (Å²) in [5.41, 5.74) is 1.44. The lowest BCUT2D eigenvalue weighted by atomic mass is 9.95. The van der Waals surface area contributed by atoms with E-state index < -0.39 is 29.9 Å². The Kier molecular flexibility index (Phi) is 5.85. The Hall–Kier alpha value is -3.62. The predicted octanol–water partition coefficient (Wildman–Crippen LogP) is 3.77. The number of para-hydroxylation sites is 1. The predicted molar refractivity (Wildman–Crippen MR) is 130 cm³/mol. The quantitative estimate of drug-likeness (QED) is 0.702. The molecular formula is C25H21ClFN5O2. The smallest absolute Gasteiger partial charge is 0.264 e. The number of hydrogen-bond donors (Lipinski definition) is 2. The zero-order valence-corrected chi connectivity index (χ0v) is 19.0. The fourth-order valence-corrected chi connectivity index (χ4v) is 4.78. The summed E-state index contributed by atoms with van der Waals surface area (Å²) in [5, 5.41) is 6.47. The van der Waals surface area contributed by atoms with E-state index in [9.17, 15) is 9.59 Å². The van der Waals surface area contributed by atoms with Gasteiger partial charge in [-0.15, -0.1) is 0 Å². The highest BCUT2D eigenvalue weighted by Crippen LogP contribution is 2.35. The van der Waals surface area contributed by atoms with Gasteiger partial charge >= 0.3 is 0 Å². The molecule has 0 radical (unpaired) electrons. The van der Waals surface area contributed by atoms with Crippen LogP contribution in [0.25, 0.3) is 0 Å². The number of rotatable bonds is 4. The summed E-state index contributed by atoms with van der Waals surface area (Å²) in [6.07, 6.45) is 3.55. The van der Waals surface area contributed by atoms with E-state index in [1.165, 1.54) is 23.5 Å². The maximum Gasteiger partial charge on any atom is 0.264 e. The summed E-state index contributed by atoms with van der Waals surface area (Å²) in [5.74, 6) is -1.25. The van der Waals surface area contributed by atoms with Crippen LogP contribution >= 0.6 is 11.6 Å². The molecule has 0 bridgehead atoms. The normalized spacial score (nSPS) is 22.6. The molecule has 0 saturated carbocycles. The maximum absolute atomic E-state index is 15.9. The number of ketones is 1. The number of fused-ring (bicyclic) bond motifs is 2. The molecule has 0 aromatic heterocycles. The summed E-state index contributed by atoms with van der Waals surface area (Å²) in [7, 11) is 0. The van der Waals surface area contributed by atoms with Crippen LogP contribution in [0.4, 0.5) is 10.1 Å². The van der Waals surface area contributed by atoms with Crippen molar-refractivity contribution in [1.82, 2.24) is 10.6 Å². The molecule has 3 heterocycles. The molecular weight excluding hydrogens is 457 g/mol. The van der Waals surface area contributed by atoms with E-state index in [-0.39, 0.29) is 28.5 Å². The van der Waals surface area contributed by atoms with E-state index in [1.807, 2.05) is 6.07 Å². The number of carbonyl (C=O) groups is 2. The van der Waals surface area contributed by atoms with Gasteiger partial charge in [0.25, 0.3) is 5.91 Å². The largest absolute Gasteiger partial charge is 0.349 e. The lowest BCUT2D eigenvalue weighted by molar-refractivity contribution is -0.117. The molecule has 2 N–H and O–H groups in total. The highest BCUT2D eigenvalue weighted by atomic mass is 35.5. The number of benzene rings is 2. The minimum absolute atomic E-state index is 0.0837. The van der Waals surface area contributed by atoms with Crippen molar-refractivity contribution in [2.45, 2.75) is 25.6 Å². The number of amides is 1. The minimum Gasteiger partial charge on any atom is -0.349 e. The Morgan fingerprint density at radius 2 is 1.97 bits per heavy atom. The van der Waals surface area contributed by atoms with E-state index in [0.717, 1.165) is 0 Å². The third kappa shape index (κ3) is 3.85.